The summed E-state index contributed by atoms with van der Waals surface area (Å²) < 4.78 is 5.58. The molecular formula is C21H16ClN3O4. The van der Waals surface area contributed by atoms with Crippen molar-refractivity contribution in [2.24, 2.45) is 5.10 Å². The molecular weight excluding hydrogens is 394 g/mol. The SMILES string of the molecule is O=C(N/N=C\c1ccc(OCc2ccccc2)c([N+](=O)[O-])c1)c1ccc(Cl)cc1. The number of benzene rings is 3. The number of amides is 1. The van der Waals surface area contributed by atoms with Gasteiger partial charge in [0, 0.05) is 22.2 Å². The average Bonchev–Trinajstić information content (AvgIpc) is 2.73. The molecule has 0 atom stereocenters. The molecule has 0 aliphatic rings. The fourth-order valence-electron chi connectivity index (χ4n) is 2.45. The van der Waals surface area contributed by atoms with E-state index in [0.717, 1.165) is 5.56 Å². The first-order valence-corrected chi connectivity index (χ1v) is 8.95. The molecule has 1 N–H and O–H groups in total. The van der Waals surface area contributed by atoms with E-state index in [2.05, 4.69) is 10.5 Å². The van der Waals surface area contributed by atoms with Crippen molar-refractivity contribution in [1.29, 1.82) is 0 Å². The van der Waals surface area contributed by atoms with Crippen LogP contribution < -0.4 is 10.2 Å². The van der Waals surface area contributed by atoms with Crippen molar-refractivity contribution in [2.45, 2.75) is 6.61 Å². The van der Waals surface area contributed by atoms with Gasteiger partial charge in [-0.25, -0.2) is 5.43 Å². The second-order valence-corrected chi connectivity index (χ2v) is 6.40. The van der Waals surface area contributed by atoms with Crippen LogP contribution >= 0.6 is 11.6 Å². The highest BCUT2D eigenvalue weighted by Gasteiger charge is 2.16. The number of ether oxygens (including phenoxy) is 1. The molecule has 0 aliphatic heterocycles. The first-order chi connectivity index (χ1) is 14.0. The Morgan fingerprint density at radius 2 is 1.83 bits per heavy atom. The van der Waals surface area contributed by atoms with Gasteiger partial charge in [-0.3, -0.25) is 14.9 Å². The molecule has 0 saturated heterocycles. The zero-order valence-corrected chi connectivity index (χ0v) is 15.9. The molecule has 0 fully saturated rings. The lowest BCUT2D eigenvalue weighted by atomic mass is 10.2. The van der Waals surface area contributed by atoms with Crippen LogP contribution in [0.15, 0.2) is 77.9 Å². The first-order valence-electron chi connectivity index (χ1n) is 8.57. The van der Waals surface area contributed by atoms with Crippen LogP contribution in [-0.2, 0) is 6.61 Å². The summed E-state index contributed by atoms with van der Waals surface area (Å²) in [5, 5.41) is 15.7. The molecule has 7 nitrogen and oxygen atoms in total. The molecule has 3 rings (SSSR count). The maximum atomic E-state index is 12.0. The molecule has 3 aromatic carbocycles. The van der Waals surface area contributed by atoms with Crippen LogP contribution in [0.4, 0.5) is 5.69 Å². The second-order valence-electron chi connectivity index (χ2n) is 5.96. The first kappa shape index (κ1) is 20.0. The summed E-state index contributed by atoms with van der Waals surface area (Å²) in [6, 6.07) is 20.1. The summed E-state index contributed by atoms with van der Waals surface area (Å²) in [5.41, 5.74) is 3.91. The molecule has 29 heavy (non-hydrogen) atoms. The lowest BCUT2D eigenvalue weighted by Gasteiger charge is -2.07. The molecule has 0 radical (unpaired) electrons. The minimum atomic E-state index is -0.524. The third kappa shape index (κ3) is 5.63. The Balaban J connectivity index is 1.67. The van der Waals surface area contributed by atoms with Crippen molar-refractivity contribution in [1.82, 2.24) is 5.43 Å². The topological polar surface area (TPSA) is 93.8 Å². The molecule has 0 spiro atoms. The van der Waals surface area contributed by atoms with Gasteiger partial charge < -0.3 is 4.74 Å². The molecule has 0 heterocycles. The number of nitro benzene ring substituents is 1. The van der Waals surface area contributed by atoms with Crippen molar-refractivity contribution >= 4 is 29.4 Å². The Morgan fingerprint density at radius 3 is 2.52 bits per heavy atom. The molecule has 146 valence electrons. The van der Waals surface area contributed by atoms with E-state index in [1.165, 1.54) is 18.3 Å². The number of hydrogen-bond acceptors (Lipinski definition) is 5. The van der Waals surface area contributed by atoms with Crippen LogP contribution in [-0.4, -0.2) is 17.0 Å². The van der Waals surface area contributed by atoms with E-state index >= 15 is 0 Å². The van der Waals surface area contributed by atoms with Crippen LogP contribution in [0.1, 0.15) is 21.5 Å². The zero-order valence-electron chi connectivity index (χ0n) is 15.1. The number of carbonyl (C=O) groups is 1. The van der Waals surface area contributed by atoms with Crippen LogP contribution in [0.25, 0.3) is 0 Å². The van der Waals surface area contributed by atoms with Crippen LogP contribution in [0.5, 0.6) is 5.75 Å². The highest BCUT2D eigenvalue weighted by atomic mass is 35.5. The van der Waals surface area contributed by atoms with Crippen LogP contribution in [0.3, 0.4) is 0 Å². The number of nitrogens with one attached hydrogen (secondary N) is 1. The summed E-state index contributed by atoms with van der Waals surface area (Å²) >= 11 is 5.78. The number of carbonyl (C=O) groups excluding carboxylic acids is 1. The maximum Gasteiger partial charge on any atom is 0.311 e. The molecule has 0 unspecified atom stereocenters. The number of nitrogens with zero attached hydrogens (tertiary/aromatic N) is 2. The summed E-state index contributed by atoms with van der Waals surface area (Å²) in [4.78, 5) is 22.9. The highest BCUT2D eigenvalue weighted by molar-refractivity contribution is 6.30. The number of rotatable bonds is 7. The summed E-state index contributed by atoms with van der Waals surface area (Å²) in [5.74, 6) is -0.267. The minimum Gasteiger partial charge on any atom is -0.482 e. The fourth-order valence-corrected chi connectivity index (χ4v) is 2.57. The predicted octanol–water partition coefficient (Wildman–Crippen LogP) is 4.59. The van der Waals surface area contributed by atoms with Gasteiger partial charge in [0.15, 0.2) is 5.75 Å². The van der Waals surface area contributed by atoms with Crippen molar-refractivity contribution in [3.8, 4) is 5.75 Å². The van der Waals surface area contributed by atoms with Crippen molar-refractivity contribution in [3.63, 3.8) is 0 Å². The standard InChI is InChI=1S/C21H16ClN3O4/c22-18-9-7-17(8-10-18)21(26)24-23-13-16-6-11-20(19(12-16)25(27)28)29-14-15-4-2-1-3-5-15/h1-13H,14H2,(H,24,26)/b23-13-. The molecule has 0 saturated carbocycles. The van der Waals surface area contributed by atoms with Crippen LogP contribution in [0.2, 0.25) is 5.02 Å². The van der Waals surface area contributed by atoms with Crippen LogP contribution in [0, 0.1) is 10.1 Å². The van der Waals surface area contributed by atoms with Gasteiger partial charge in [-0.05, 0) is 42.0 Å². The number of hydrazone groups is 1. The van der Waals surface area contributed by atoms with E-state index in [9.17, 15) is 14.9 Å². The van der Waals surface area contributed by atoms with Gasteiger partial charge in [0.25, 0.3) is 5.91 Å². The third-order valence-corrected chi connectivity index (χ3v) is 4.15. The minimum absolute atomic E-state index is 0.154. The van der Waals surface area contributed by atoms with E-state index in [1.54, 1.807) is 30.3 Å². The van der Waals surface area contributed by atoms with Gasteiger partial charge in [-0.15, -0.1) is 0 Å². The smallest absolute Gasteiger partial charge is 0.311 e. The van der Waals surface area contributed by atoms with Crippen molar-refractivity contribution < 1.29 is 14.5 Å². The van der Waals surface area contributed by atoms with E-state index in [0.29, 0.717) is 16.1 Å². The Labute approximate surface area is 171 Å². The van der Waals surface area contributed by atoms with Crippen molar-refractivity contribution in [2.75, 3.05) is 0 Å². The molecule has 3 aromatic rings. The van der Waals surface area contributed by atoms with Crippen molar-refractivity contribution in [3.05, 3.63) is 105 Å². The zero-order chi connectivity index (χ0) is 20.6. The summed E-state index contributed by atoms with van der Waals surface area (Å²) in [7, 11) is 0. The van der Waals surface area contributed by atoms with E-state index in [1.807, 2.05) is 30.3 Å². The molecule has 8 heteroatoms. The Bertz CT molecular complexity index is 1040. The van der Waals surface area contributed by atoms with Gasteiger partial charge in [0.1, 0.15) is 6.61 Å². The van der Waals surface area contributed by atoms with Gasteiger partial charge in [0.05, 0.1) is 11.1 Å². The van der Waals surface area contributed by atoms with E-state index in [-0.39, 0.29) is 18.0 Å². The van der Waals surface area contributed by atoms with Gasteiger partial charge in [-0.1, -0.05) is 41.9 Å². The fraction of sp³-hybridized carbons (Fsp3) is 0.0476. The summed E-state index contributed by atoms with van der Waals surface area (Å²) in [6.07, 6.45) is 1.32. The maximum absolute atomic E-state index is 12.0. The van der Waals surface area contributed by atoms with E-state index in [4.69, 9.17) is 16.3 Å². The number of nitro groups is 1. The quantitative estimate of drug-likeness (QED) is 0.351. The predicted molar refractivity (Wildman–Crippen MR) is 110 cm³/mol. The number of halogens is 1. The van der Waals surface area contributed by atoms with Gasteiger partial charge >= 0.3 is 5.69 Å². The monoisotopic (exact) mass is 409 g/mol. The lowest BCUT2D eigenvalue weighted by Crippen LogP contribution is -2.17. The third-order valence-electron chi connectivity index (χ3n) is 3.90. The molecule has 0 aromatic heterocycles. The molecule has 0 aliphatic carbocycles. The molecule has 1 amide bonds. The Hall–Kier alpha value is -3.71. The van der Waals surface area contributed by atoms with E-state index < -0.39 is 10.8 Å². The van der Waals surface area contributed by atoms with Gasteiger partial charge in [0.2, 0.25) is 0 Å². The largest absolute Gasteiger partial charge is 0.482 e. The lowest BCUT2D eigenvalue weighted by molar-refractivity contribution is -0.385. The normalized spacial score (nSPS) is 10.7. The Kier molecular flexibility index (Phi) is 6.55. The molecule has 0 bridgehead atoms. The van der Waals surface area contributed by atoms with Gasteiger partial charge in [-0.2, -0.15) is 5.10 Å². The Morgan fingerprint density at radius 1 is 1.10 bits per heavy atom. The average molecular weight is 410 g/mol. The second kappa shape index (κ2) is 9.48. The number of hydrogen-bond donors (Lipinski definition) is 1. The highest BCUT2D eigenvalue weighted by Crippen LogP contribution is 2.28. The summed E-state index contributed by atoms with van der Waals surface area (Å²) in [6.45, 7) is 0.215.